The minimum Gasteiger partial charge on any atom is -0.339 e. The van der Waals surface area contributed by atoms with E-state index in [1.54, 1.807) is 31.2 Å². The first-order chi connectivity index (χ1) is 22.0. The van der Waals surface area contributed by atoms with E-state index in [2.05, 4.69) is 25.9 Å². The molecule has 4 rings (SSSR count). The Morgan fingerprint density at radius 3 is 2.17 bits per heavy atom. The molecule has 0 saturated carbocycles. The van der Waals surface area contributed by atoms with Gasteiger partial charge in [0.25, 0.3) is 5.91 Å². The van der Waals surface area contributed by atoms with Crippen molar-refractivity contribution in [2.24, 2.45) is 0 Å². The van der Waals surface area contributed by atoms with E-state index in [0.29, 0.717) is 37.3 Å². The number of carbonyl (C=O) groups is 3. The molecule has 1 saturated heterocycles. The van der Waals surface area contributed by atoms with E-state index in [4.69, 9.17) is 0 Å². The fraction of sp³-hybridized carbons (Fsp3) is 0.471. The summed E-state index contributed by atoms with van der Waals surface area (Å²) in [5.41, 5.74) is 1.44. The number of nitrogens with zero attached hydrogens (tertiary/aromatic N) is 4. The number of halogens is 2. The number of nitrogens with one attached hydrogen (secondary N) is 3. The number of likely N-dealkylation sites (N-methyl/N-ethyl adjacent to an activating group) is 1. The molecule has 4 atom stereocenters. The predicted molar refractivity (Wildman–Crippen MR) is 174 cm³/mol. The van der Waals surface area contributed by atoms with E-state index in [0.717, 1.165) is 19.5 Å². The number of aryl methyl sites for hydroxylation is 1. The lowest BCUT2D eigenvalue weighted by molar-refractivity contribution is -0.135. The highest BCUT2D eigenvalue weighted by Crippen LogP contribution is 2.27. The maximum absolute atomic E-state index is 15.6. The highest BCUT2D eigenvalue weighted by molar-refractivity contribution is 6.01. The highest BCUT2D eigenvalue weighted by atomic mass is 19.1. The van der Waals surface area contributed by atoms with Gasteiger partial charge in [-0.2, -0.15) is 5.10 Å². The van der Waals surface area contributed by atoms with Crippen molar-refractivity contribution in [1.29, 1.82) is 0 Å². The molecule has 1 aliphatic rings. The van der Waals surface area contributed by atoms with Gasteiger partial charge in [-0.1, -0.05) is 39.0 Å². The summed E-state index contributed by atoms with van der Waals surface area (Å²) in [6, 6.07) is 10.1. The van der Waals surface area contributed by atoms with Gasteiger partial charge in [-0.25, -0.2) is 8.78 Å². The molecule has 2 aromatic carbocycles. The van der Waals surface area contributed by atoms with Crippen molar-refractivity contribution in [2.45, 2.75) is 64.6 Å². The molecule has 0 radical (unpaired) electrons. The summed E-state index contributed by atoms with van der Waals surface area (Å²) < 4.78 is 30.8. The van der Waals surface area contributed by atoms with Gasteiger partial charge in [0, 0.05) is 50.8 Å². The van der Waals surface area contributed by atoms with Gasteiger partial charge in [-0.3, -0.25) is 19.1 Å². The van der Waals surface area contributed by atoms with Crippen molar-refractivity contribution in [3.63, 3.8) is 0 Å². The van der Waals surface area contributed by atoms with Crippen LogP contribution in [0.5, 0.6) is 0 Å². The van der Waals surface area contributed by atoms with Gasteiger partial charge < -0.3 is 25.8 Å². The molecule has 3 aromatic rings. The molecule has 1 aromatic heterocycles. The van der Waals surface area contributed by atoms with Crippen LogP contribution in [-0.2, 0) is 16.1 Å². The van der Waals surface area contributed by atoms with E-state index in [1.165, 1.54) is 35.1 Å². The average molecular weight is 638 g/mol. The number of anilines is 1. The fourth-order valence-corrected chi connectivity index (χ4v) is 5.69. The summed E-state index contributed by atoms with van der Waals surface area (Å²) in [6.45, 7) is 11.5. The number of carbonyl (C=O) groups excluding carboxylic acids is 3. The van der Waals surface area contributed by atoms with E-state index >= 15 is 4.39 Å². The lowest BCUT2D eigenvalue weighted by Gasteiger charge is -2.36. The van der Waals surface area contributed by atoms with E-state index in [9.17, 15) is 18.8 Å². The van der Waals surface area contributed by atoms with Gasteiger partial charge in [0.05, 0.1) is 11.7 Å². The Hall–Kier alpha value is -4.16. The molecule has 10 nitrogen and oxygen atoms in total. The standard InChI is InChI=1S/C34H45F2N7O3/c1-6-15-37-31(34(46)42-19-17-41(5)18-20-42)23(4)25-10-13-28(27(36)21-25)39-33(45)30(22(3)24-8-11-26(35)12-9-24)40-32(44)29-14-16-38-43(29)7-2/h8-14,16,21-23,30-31,37H,6-7,15,17-20H2,1-5H3,(H,39,45)(H,40,44)/t22-,23-,30-,31+/m0/s1. The highest BCUT2D eigenvalue weighted by Gasteiger charge is 2.33. The Morgan fingerprint density at radius 1 is 0.891 bits per heavy atom. The Labute approximate surface area is 269 Å². The third-order valence-corrected chi connectivity index (χ3v) is 8.69. The smallest absolute Gasteiger partial charge is 0.270 e. The quantitative estimate of drug-likeness (QED) is 0.262. The van der Waals surface area contributed by atoms with Gasteiger partial charge in [0.1, 0.15) is 23.4 Å². The largest absolute Gasteiger partial charge is 0.339 e. The molecule has 0 spiro atoms. The molecule has 3 amide bonds. The Morgan fingerprint density at radius 2 is 1.54 bits per heavy atom. The van der Waals surface area contributed by atoms with E-state index in [1.807, 2.05) is 32.7 Å². The molecule has 0 bridgehead atoms. The van der Waals surface area contributed by atoms with Gasteiger partial charge in [0.15, 0.2) is 0 Å². The van der Waals surface area contributed by atoms with E-state index in [-0.39, 0.29) is 23.2 Å². The van der Waals surface area contributed by atoms with Crippen molar-refractivity contribution in [3.05, 3.63) is 83.2 Å². The SMILES string of the molecule is CCCN[C@@H](C(=O)N1CCN(C)CC1)[C@@H](C)c1ccc(NC(=O)[C@@H](NC(=O)c2ccnn2CC)[C@@H](C)c2ccc(F)cc2)c(F)c1. The number of benzene rings is 2. The number of hydrogen-bond acceptors (Lipinski definition) is 6. The summed E-state index contributed by atoms with van der Waals surface area (Å²) in [4.78, 5) is 44.5. The summed E-state index contributed by atoms with van der Waals surface area (Å²) in [6.07, 6.45) is 2.34. The van der Waals surface area contributed by atoms with Crippen LogP contribution in [0, 0.1) is 11.6 Å². The molecule has 12 heteroatoms. The van der Waals surface area contributed by atoms with Crippen LogP contribution in [0.25, 0.3) is 0 Å². The summed E-state index contributed by atoms with van der Waals surface area (Å²) in [7, 11) is 2.03. The molecular formula is C34H45F2N7O3. The van der Waals surface area contributed by atoms with Crippen LogP contribution in [0.1, 0.15) is 67.6 Å². The zero-order valence-corrected chi connectivity index (χ0v) is 27.2. The van der Waals surface area contributed by atoms with Crippen LogP contribution in [0.2, 0.25) is 0 Å². The number of hydrogen-bond donors (Lipinski definition) is 3. The zero-order valence-electron chi connectivity index (χ0n) is 27.2. The molecule has 2 heterocycles. The lowest BCUT2D eigenvalue weighted by atomic mass is 9.91. The molecule has 248 valence electrons. The summed E-state index contributed by atoms with van der Waals surface area (Å²) in [5, 5.41) is 12.9. The maximum Gasteiger partial charge on any atom is 0.270 e. The van der Waals surface area contributed by atoms with Crippen LogP contribution in [0.3, 0.4) is 0 Å². The number of piperazine rings is 1. The van der Waals surface area contributed by atoms with Gasteiger partial charge >= 0.3 is 0 Å². The van der Waals surface area contributed by atoms with Gasteiger partial charge in [-0.15, -0.1) is 0 Å². The number of amides is 3. The van der Waals surface area contributed by atoms with Crippen molar-refractivity contribution < 1.29 is 23.2 Å². The van der Waals surface area contributed by atoms with Crippen LogP contribution < -0.4 is 16.0 Å². The minimum absolute atomic E-state index is 0.00961. The van der Waals surface area contributed by atoms with Crippen molar-refractivity contribution in [3.8, 4) is 0 Å². The molecule has 0 unspecified atom stereocenters. The molecule has 1 aliphatic heterocycles. The summed E-state index contributed by atoms with van der Waals surface area (Å²) in [5.74, 6) is -3.19. The van der Waals surface area contributed by atoms with Crippen molar-refractivity contribution in [2.75, 3.05) is 45.1 Å². The molecule has 46 heavy (non-hydrogen) atoms. The summed E-state index contributed by atoms with van der Waals surface area (Å²) >= 11 is 0. The first kappa shape index (κ1) is 34.7. The normalized spacial score (nSPS) is 16.4. The second kappa shape index (κ2) is 15.9. The molecule has 1 fully saturated rings. The molecular weight excluding hydrogens is 592 g/mol. The molecule has 0 aliphatic carbocycles. The minimum atomic E-state index is -1.12. The predicted octanol–water partition coefficient (Wildman–Crippen LogP) is 3.97. The average Bonchev–Trinajstić information content (AvgIpc) is 3.54. The van der Waals surface area contributed by atoms with Crippen LogP contribution in [-0.4, -0.2) is 89.2 Å². The zero-order chi connectivity index (χ0) is 33.4. The van der Waals surface area contributed by atoms with E-state index < -0.39 is 41.5 Å². The Bertz CT molecular complexity index is 1490. The van der Waals surface area contributed by atoms with Crippen molar-refractivity contribution >= 4 is 23.4 Å². The maximum atomic E-state index is 15.6. The van der Waals surface area contributed by atoms with Gasteiger partial charge in [0.2, 0.25) is 11.8 Å². The number of aromatic nitrogens is 2. The van der Waals surface area contributed by atoms with Crippen molar-refractivity contribution in [1.82, 2.24) is 30.2 Å². The van der Waals surface area contributed by atoms with Gasteiger partial charge in [-0.05, 0) is 68.4 Å². The second-order valence-electron chi connectivity index (χ2n) is 11.9. The first-order valence-corrected chi connectivity index (χ1v) is 15.9. The third kappa shape index (κ3) is 8.35. The van der Waals surface area contributed by atoms with Crippen LogP contribution >= 0.6 is 0 Å². The number of rotatable bonds is 13. The second-order valence-corrected chi connectivity index (χ2v) is 11.9. The Balaban J connectivity index is 1.54. The topological polar surface area (TPSA) is 112 Å². The Kier molecular flexibility index (Phi) is 12.0. The lowest BCUT2D eigenvalue weighted by Crippen LogP contribution is -2.54. The first-order valence-electron chi connectivity index (χ1n) is 15.9. The van der Waals surface area contributed by atoms with Crippen LogP contribution in [0.4, 0.5) is 14.5 Å². The monoisotopic (exact) mass is 637 g/mol. The fourth-order valence-electron chi connectivity index (χ4n) is 5.69. The molecule has 3 N–H and O–H groups in total. The van der Waals surface area contributed by atoms with Crippen LogP contribution in [0.15, 0.2) is 54.7 Å². The third-order valence-electron chi connectivity index (χ3n) is 8.69.